The van der Waals surface area contributed by atoms with Crippen molar-refractivity contribution < 1.29 is 4.74 Å². The zero-order valence-corrected chi connectivity index (χ0v) is 10.4. The number of rotatable bonds is 1. The van der Waals surface area contributed by atoms with Crippen LogP contribution in [0.3, 0.4) is 0 Å². The molecule has 0 unspecified atom stereocenters. The van der Waals surface area contributed by atoms with Crippen LogP contribution in [0.1, 0.15) is 66.7 Å². The van der Waals surface area contributed by atoms with E-state index < -0.39 is 0 Å². The molecule has 1 fully saturated rings. The van der Waals surface area contributed by atoms with E-state index in [1.165, 1.54) is 32.1 Å². The summed E-state index contributed by atoms with van der Waals surface area (Å²) in [6, 6.07) is 0. The third-order valence-corrected chi connectivity index (χ3v) is 2.40. The number of methoxy groups -OCH3 is 1. The maximum Gasteiger partial charge on any atom is 0.0650 e. The van der Waals surface area contributed by atoms with Gasteiger partial charge in [-0.25, -0.2) is 0 Å². The van der Waals surface area contributed by atoms with Gasteiger partial charge < -0.3 is 4.74 Å². The van der Waals surface area contributed by atoms with Gasteiger partial charge in [0.1, 0.15) is 0 Å². The van der Waals surface area contributed by atoms with Gasteiger partial charge in [-0.1, -0.05) is 47.0 Å². The fraction of sp³-hybridized carbons (Fsp3) is 1.00. The highest BCUT2D eigenvalue weighted by Crippen LogP contribution is 2.29. The molecule has 13 heavy (non-hydrogen) atoms. The van der Waals surface area contributed by atoms with Crippen LogP contribution in [0.4, 0.5) is 0 Å². The van der Waals surface area contributed by atoms with Crippen LogP contribution in [-0.2, 0) is 4.74 Å². The van der Waals surface area contributed by atoms with Gasteiger partial charge in [0.25, 0.3) is 0 Å². The van der Waals surface area contributed by atoms with Crippen LogP contribution in [0.5, 0.6) is 0 Å². The summed E-state index contributed by atoms with van der Waals surface area (Å²) in [5, 5.41) is 0. The number of hydrogen-bond acceptors (Lipinski definition) is 1. The van der Waals surface area contributed by atoms with Crippen LogP contribution in [0.15, 0.2) is 0 Å². The molecule has 1 rings (SSSR count). The van der Waals surface area contributed by atoms with Crippen LogP contribution in [0, 0.1) is 0 Å². The molecular weight excluding hydrogens is 160 g/mol. The Kier molecular flexibility index (Phi) is 11.9. The van der Waals surface area contributed by atoms with E-state index in [4.69, 9.17) is 4.74 Å². The summed E-state index contributed by atoms with van der Waals surface area (Å²) in [6.45, 7) is 10.2. The summed E-state index contributed by atoms with van der Waals surface area (Å²) in [5.41, 5.74) is 0.220. The van der Waals surface area contributed by atoms with Crippen molar-refractivity contribution in [1.82, 2.24) is 0 Å². The molecule has 1 nitrogen and oxygen atoms in total. The maximum absolute atomic E-state index is 5.38. The van der Waals surface area contributed by atoms with Crippen molar-refractivity contribution in [3.63, 3.8) is 0 Å². The highest BCUT2D eigenvalue weighted by Gasteiger charge is 2.25. The first-order chi connectivity index (χ1) is 6.27. The standard InChI is InChI=1S/C8H16O.2C2H6/c1-8(9-2)6-4-3-5-7-8;2*1-2/h3-7H2,1-2H3;2*1-2H3. The van der Waals surface area contributed by atoms with Crippen molar-refractivity contribution in [1.29, 1.82) is 0 Å². The van der Waals surface area contributed by atoms with E-state index in [2.05, 4.69) is 6.92 Å². The summed E-state index contributed by atoms with van der Waals surface area (Å²) >= 11 is 0. The van der Waals surface area contributed by atoms with Gasteiger partial charge in [0.15, 0.2) is 0 Å². The Morgan fingerprint density at radius 2 is 1.23 bits per heavy atom. The molecule has 0 aliphatic heterocycles. The number of ether oxygens (including phenoxy) is 1. The Morgan fingerprint density at radius 3 is 1.46 bits per heavy atom. The molecule has 1 saturated carbocycles. The van der Waals surface area contributed by atoms with Gasteiger partial charge in [-0.05, 0) is 19.8 Å². The van der Waals surface area contributed by atoms with Gasteiger partial charge in [-0.15, -0.1) is 0 Å². The Morgan fingerprint density at radius 1 is 0.846 bits per heavy atom. The summed E-state index contributed by atoms with van der Waals surface area (Å²) in [7, 11) is 1.82. The monoisotopic (exact) mass is 188 g/mol. The Hall–Kier alpha value is -0.0400. The predicted octanol–water partition coefficient (Wildman–Crippen LogP) is 4.41. The SMILES string of the molecule is CC.CC.COC1(C)CCCCC1. The number of hydrogen-bond donors (Lipinski definition) is 0. The molecule has 1 aliphatic carbocycles. The van der Waals surface area contributed by atoms with Gasteiger partial charge in [0.05, 0.1) is 5.60 Å². The average molecular weight is 188 g/mol. The van der Waals surface area contributed by atoms with E-state index >= 15 is 0 Å². The molecule has 0 atom stereocenters. The smallest absolute Gasteiger partial charge is 0.0650 e. The van der Waals surface area contributed by atoms with E-state index in [9.17, 15) is 0 Å². The Labute approximate surface area is 84.9 Å². The second-order valence-corrected chi connectivity index (χ2v) is 3.21. The summed E-state index contributed by atoms with van der Waals surface area (Å²) in [4.78, 5) is 0. The van der Waals surface area contributed by atoms with Crippen LogP contribution in [0.2, 0.25) is 0 Å². The third kappa shape index (κ3) is 7.06. The highest BCUT2D eigenvalue weighted by atomic mass is 16.5. The minimum absolute atomic E-state index is 0.220. The van der Waals surface area contributed by atoms with Gasteiger partial charge in [0.2, 0.25) is 0 Å². The van der Waals surface area contributed by atoms with E-state index in [0.717, 1.165) is 0 Å². The zero-order valence-electron chi connectivity index (χ0n) is 10.4. The lowest BCUT2D eigenvalue weighted by molar-refractivity contribution is -0.0231. The van der Waals surface area contributed by atoms with Crippen molar-refractivity contribution in [3.05, 3.63) is 0 Å². The van der Waals surface area contributed by atoms with E-state index in [0.29, 0.717) is 0 Å². The van der Waals surface area contributed by atoms with Crippen LogP contribution < -0.4 is 0 Å². The molecule has 0 spiro atoms. The molecule has 0 heterocycles. The summed E-state index contributed by atoms with van der Waals surface area (Å²) < 4.78 is 5.38. The second kappa shape index (κ2) is 10.0. The van der Waals surface area contributed by atoms with E-state index in [1.54, 1.807) is 0 Å². The molecule has 0 aromatic rings. The first-order valence-electron chi connectivity index (χ1n) is 5.82. The molecule has 0 saturated heterocycles. The van der Waals surface area contributed by atoms with Crippen molar-refractivity contribution in [2.24, 2.45) is 0 Å². The van der Waals surface area contributed by atoms with Crippen molar-refractivity contribution >= 4 is 0 Å². The largest absolute Gasteiger partial charge is 0.379 e. The molecule has 0 amide bonds. The van der Waals surface area contributed by atoms with Crippen molar-refractivity contribution in [2.45, 2.75) is 72.3 Å². The lowest BCUT2D eigenvalue weighted by atomic mass is 9.86. The van der Waals surface area contributed by atoms with Crippen molar-refractivity contribution in [2.75, 3.05) is 7.11 Å². The first-order valence-corrected chi connectivity index (χ1v) is 5.82. The van der Waals surface area contributed by atoms with Crippen molar-refractivity contribution in [3.8, 4) is 0 Å². The lowest BCUT2D eigenvalue weighted by Gasteiger charge is -2.31. The topological polar surface area (TPSA) is 9.23 Å². The molecule has 0 bridgehead atoms. The van der Waals surface area contributed by atoms with E-state index in [-0.39, 0.29) is 5.60 Å². The minimum atomic E-state index is 0.220. The molecule has 0 aromatic carbocycles. The van der Waals surface area contributed by atoms with Crippen LogP contribution in [-0.4, -0.2) is 12.7 Å². The Bertz CT molecular complexity index is 83.1. The maximum atomic E-state index is 5.38. The minimum Gasteiger partial charge on any atom is -0.379 e. The molecule has 1 aliphatic rings. The molecule has 0 aromatic heterocycles. The average Bonchev–Trinajstić information content (AvgIpc) is 2.25. The molecule has 0 radical (unpaired) electrons. The predicted molar refractivity (Wildman–Crippen MR) is 61.2 cm³/mol. The fourth-order valence-corrected chi connectivity index (χ4v) is 1.50. The molecule has 82 valence electrons. The highest BCUT2D eigenvalue weighted by molar-refractivity contribution is 4.78. The van der Waals surface area contributed by atoms with Gasteiger partial charge in [-0.2, -0.15) is 0 Å². The second-order valence-electron chi connectivity index (χ2n) is 3.21. The van der Waals surface area contributed by atoms with Crippen LogP contribution in [0.25, 0.3) is 0 Å². The zero-order chi connectivity index (χ0) is 10.7. The van der Waals surface area contributed by atoms with Gasteiger partial charge >= 0.3 is 0 Å². The van der Waals surface area contributed by atoms with E-state index in [1.807, 2.05) is 34.8 Å². The summed E-state index contributed by atoms with van der Waals surface area (Å²) in [6.07, 6.45) is 6.61. The Balaban J connectivity index is 0. The molecule has 0 N–H and O–H groups in total. The summed E-state index contributed by atoms with van der Waals surface area (Å²) in [5.74, 6) is 0. The fourth-order valence-electron chi connectivity index (χ4n) is 1.50. The van der Waals surface area contributed by atoms with Gasteiger partial charge in [-0.3, -0.25) is 0 Å². The normalized spacial score (nSPS) is 18.9. The van der Waals surface area contributed by atoms with Crippen LogP contribution >= 0.6 is 0 Å². The molecule has 1 heteroatoms. The third-order valence-electron chi connectivity index (χ3n) is 2.40. The molecular formula is C12H28O. The first kappa shape index (κ1) is 15.4. The quantitative estimate of drug-likeness (QED) is 0.592. The van der Waals surface area contributed by atoms with Gasteiger partial charge in [0, 0.05) is 7.11 Å². The lowest BCUT2D eigenvalue weighted by Crippen LogP contribution is -2.29.